The predicted molar refractivity (Wildman–Crippen MR) is 37.4 cm³/mol. The number of methoxy groups -OCH3 is 2. The minimum atomic E-state index is -0.376. The van der Waals surface area contributed by atoms with E-state index in [9.17, 15) is 4.79 Å². The number of ether oxygens (including phenoxy) is 2. The molecule has 0 spiro atoms. The van der Waals surface area contributed by atoms with Gasteiger partial charge in [-0.05, 0) is 0 Å². The molecule has 0 heterocycles. The Kier molecular flexibility index (Phi) is 4.37. The van der Waals surface area contributed by atoms with Crippen molar-refractivity contribution in [3.63, 3.8) is 0 Å². The lowest BCUT2D eigenvalue weighted by Crippen LogP contribution is -1.97. The zero-order chi connectivity index (χ0) is 7.98. The van der Waals surface area contributed by atoms with Gasteiger partial charge in [-0.2, -0.15) is 0 Å². The van der Waals surface area contributed by atoms with E-state index >= 15 is 0 Å². The molecule has 0 aliphatic rings. The van der Waals surface area contributed by atoms with E-state index in [1.807, 2.05) is 6.92 Å². The van der Waals surface area contributed by atoms with E-state index in [1.54, 1.807) is 0 Å². The largest absolute Gasteiger partial charge is 0.501 e. The second-order valence-electron chi connectivity index (χ2n) is 1.69. The fraction of sp³-hybridized carbons (Fsp3) is 0.571. The summed E-state index contributed by atoms with van der Waals surface area (Å²) in [5, 5.41) is 0. The van der Waals surface area contributed by atoms with Gasteiger partial charge in [-0.1, -0.05) is 6.92 Å². The Labute approximate surface area is 60.6 Å². The van der Waals surface area contributed by atoms with Crippen LogP contribution < -0.4 is 0 Å². The van der Waals surface area contributed by atoms with Gasteiger partial charge in [-0.3, -0.25) is 0 Å². The molecule has 0 amide bonds. The first-order valence-corrected chi connectivity index (χ1v) is 3.07. The van der Waals surface area contributed by atoms with Crippen LogP contribution in [0, 0.1) is 0 Å². The molecular weight excluding hydrogens is 132 g/mol. The van der Waals surface area contributed by atoms with Gasteiger partial charge in [0.1, 0.15) is 5.76 Å². The van der Waals surface area contributed by atoms with Gasteiger partial charge in [0, 0.05) is 6.42 Å². The van der Waals surface area contributed by atoms with Crippen LogP contribution >= 0.6 is 0 Å². The van der Waals surface area contributed by atoms with Gasteiger partial charge in [0.15, 0.2) is 0 Å². The molecule has 0 rings (SSSR count). The molecule has 0 aliphatic heterocycles. The molecule has 0 unspecified atom stereocenters. The average Bonchev–Trinajstić information content (AvgIpc) is 1.99. The van der Waals surface area contributed by atoms with Crippen molar-refractivity contribution >= 4 is 5.97 Å². The van der Waals surface area contributed by atoms with Gasteiger partial charge < -0.3 is 9.47 Å². The quantitative estimate of drug-likeness (QED) is 0.338. The van der Waals surface area contributed by atoms with Crippen molar-refractivity contribution in [1.82, 2.24) is 0 Å². The second kappa shape index (κ2) is 4.85. The SMILES string of the molecule is CCC(=CC(=O)OC)OC. The smallest absolute Gasteiger partial charge is 0.333 e. The van der Waals surface area contributed by atoms with Crippen LogP contribution in [-0.2, 0) is 14.3 Å². The van der Waals surface area contributed by atoms with Crippen molar-refractivity contribution in [2.45, 2.75) is 13.3 Å². The van der Waals surface area contributed by atoms with Gasteiger partial charge in [-0.15, -0.1) is 0 Å². The number of esters is 1. The number of allylic oxidation sites excluding steroid dienone is 1. The lowest BCUT2D eigenvalue weighted by Gasteiger charge is -2.00. The molecule has 0 fully saturated rings. The normalized spacial score (nSPS) is 10.9. The molecule has 3 heteroatoms. The molecular formula is C7H12O3. The van der Waals surface area contributed by atoms with Crippen LogP contribution in [-0.4, -0.2) is 20.2 Å². The number of hydrogen-bond donors (Lipinski definition) is 0. The van der Waals surface area contributed by atoms with Crippen molar-refractivity contribution in [3.8, 4) is 0 Å². The van der Waals surface area contributed by atoms with Gasteiger partial charge in [0.05, 0.1) is 20.3 Å². The van der Waals surface area contributed by atoms with Gasteiger partial charge >= 0.3 is 5.97 Å². The van der Waals surface area contributed by atoms with Crippen molar-refractivity contribution in [3.05, 3.63) is 11.8 Å². The summed E-state index contributed by atoms with van der Waals surface area (Å²) in [7, 11) is 2.86. The van der Waals surface area contributed by atoms with E-state index < -0.39 is 0 Å². The topological polar surface area (TPSA) is 35.5 Å². The average molecular weight is 144 g/mol. The first-order valence-electron chi connectivity index (χ1n) is 3.07. The fourth-order valence-electron chi connectivity index (χ4n) is 0.496. The molecule has 10 heavy (non-hydrogen) atoms. The summed E-state index contributed by atoms with van der Waals surface area (Å²) in [6, 6.07) is 0. The Hall–Kier alpha value is -0.990. The maximum Gasteiger partial charge on any atom is 0.333 e. The maximum atomic E-state index is 10.6. The highest BCUT2D eigenvalue weighted by Gasteiger charge is 1.97. The molecule has 0 aromatic rings. The van der Waals surface area contributed by atoms with Crippen LogP contribution in [0.2, 0.25) is 0 Å². The van der Waals surface area contributed by atoms with Crippen molar-refractivity contribution < 1.29 is 14.3 Å². The maximum absolute atomic E-state index is 10.6. The Balaban J connectivity index is 3.96. The predicted octanol–water partition coefficient (Wildman–Crippen LogP) is 1.10. The lowest BCUT2D eigenvalue weighted by molar-refractivity contribution is -0.135. The summed E-state index contributed by atoms with van der Waals surface area (Å²) >= 11 is 0. The number of carbonyl (C=O) groups is 1. The number of rotatable bonds is 3. The molecule has 3 nitrogen and oxygen atoms in total. The third-order valence-electron chi connectivity index (χ3n) is 1.09. The summed E-state index contributed by atoms with van der Waals surface area (Å²) < 4.78 is 9.22. The van der Waals surface area contributed by atoms with Crippen molar-refractivity contribution in [2.75, 3.05) is 14.2 Å². The first-order chi connectivity index (χ1) is 4.74. The summed E-state index contributed by atoms with van der Waals surface area (Å²) in [6.07, 6.45) is 2.03. The summed E-state index contributed by atoms with van der Waals surface area (Å²) in [6.45, 7) is 1.90. The first kappa shape index (κ1) is 9.01. The molecule has 0 radical (unpaired) electrons. The van der Waals surface area contributed by atoms with E-state index in [-0.39, 0.29) is 5.97 Å². The highest BCUT2D eigenvalue weighted by Crippen LogP contribution is 1.99. The van der Waals surface area contributed by atoms with E-state index in [1.165, 1.54) is 20.3 Å². The van der Waals surface area contributed by atoms with Crippen LogP contribution in [0.4, 0.5) is 0 Å². The van der Waals surface area contributed by atoms with Gasteiger partial charge in [-0.25, -0.2) is 4.79 Å². The minimum Gasteiger partial charge on any atom is -0.501 e. The molecule has 0 saturated carbocycles. The van der Waals surface area contributed by atoms with E-state index in [2.05, 4.69) is 4.74 Å². The molecule has 0 atom stereocenters. The third kappa shape index (κ3) is 3.12. The fourth-order valence-corrected chi connectivity index (χ4v) is 0.496. The van der Waals surface area contributed by atoms with Crippen LogP contribution in [0.5, 0.6) is 0 Å². The minimum absolute atomic E-state index is 0.376. The Morgan fingerprint density at radius 3 is 2.30 bits per heavy atom. The molecule has 0 aliphatic carbocycles. The standard InChI is InChI=1S/C7H12O3/c1-4-6(9-2)5-7(8)10-3/h5H,4H2,1-3H3. The van der Waals surface area contributed by atoms with Crippen LogP contribution in [0.1, 0.15) is 13.3 Å². The van der Waals surface area contributed by atoms with Crippen LogP contribution in [0.25, 0.3) is 0 Å². The molecule has 0 bridgehead atoms. The van der Waals surface area contributed by atoms with E-state index in [0.717, 1.165) is 0 Å². The van der Waals surface area contributed by atoms with Crippen molar-refractivity contribution in [1.29, 1.82) is 0 Å². The number of hydrogen-bond acceptors (Lipinski definition) is 3. The Morgan fingerprint density at radius 1 is 1.40 bits per heavy atom. The lowest BCUT2D eigenvalue weighted by atomic mass is 10.3. The Bertz CT molecular complexity index is 132. The van der Waals surface area contributed by atoms with E-state index in [4.69, 9.17) is 4.74 Å². The van der Waals surface area contributed by atoms with Crippen LogP contribution in [0.15, 0.2) is 11.8 Å². The highest BCUT2D eigenvalue weighted by molar-refractivity contribution is 5.82. The monoisotopic (exact) mass is 144 g/mol. The third-order valence-corrected chi connectivity index (χ3v) is 1.09. The zero-order valence-corrected chi connectivity index (χ0v) is 6.51. The molecule has 0 aromatic carbocycles. The summed E-state index contributed by atoms with van der Waals surface area (Å²) in [4.78, 5) is 10.6. The van der Waals surface area contributed by atoms with E-state index in [0.29, 0.717) is 12.2 Å². The number of carbonyl (C=O) groups excluding carboxylic acids is 1. The van der Waals surface area contributed by atoms with Gasteiger partial charge in [0.2, 0.25) is 0 Å². The molecule has 0 saturated heterocycles. The molecule has 0 N–H and O–H groups in total. The zero-order valence-electron chi connectivity index (χ0n) is 6.51. The summed E-state index contributed by atoms with van der Waals surface area (Å²) in [5.74, 6) is 0.255. The van der Waals surface area contributed by atoms with Gasteiger partial charge in [0.25, 0.3) is 0 Å². The van der Waals surface area contributed by atoms with Crippen molar-refractivity contribution in [2.24, 2.45) is 0 Å². The molecule has 0 aromatic heterocycles. The highest BCUT2D eigenvalue weighted by atomic mass is 16.5. The second-order valence-corrected chi connectivity index (χ2v) is 1.69. The van der Waals surface area contributed by atoms with Crippen LogP contribution in [0.3, 0.4) is 0 Å². The Morgan fingerprint density at radius 2 is 2.00 bits per heavy atom. The molecule has 58 valence electrons. The summed E-state index contributed by atoms with van der Waals surface area (Å²) in [5.41, 5.74) is 0.